The molecule has 0 heterocycles. The number of hydrogen-bond donors (Lipinski definition) is 2. The van der Waals surface area contributed by atoms with Crippen molar-refractivity contribution in [2.24, 2.45) is 0 Å². The Labute approximate surface area is 63.7 Å². The standard InChI is InChI=1S/2H2O.5O.2U/h2*1H2;;;;;;;/q;;;;;;;2*+1/p-2. The molecule has 0 saturated heterocycles. The van der Waals surface area contributed by atoms with Crippen LogP contribution in [-0.2, 0) is 8.69 Å². The summed E-state index contributed by atoms with van der Waals surface area (Å²) in [6, 6.07) is 0. The minimum absolute atomic E-state index is 2.97. The van der Waals surface area contributed by atoms with Gasteiger partial charge in [0.15, 0.2) is 0 Å². The Kier molecular flexibility index (Phi) is 3.46. The van der Waals surface area contributed by atoms with Crippen LogP contribution in [0.5, 0.6) is 0 Å². The topological polar surface area (TPSA) is 118 Å². The molecule has 7 nitrogen and oxygen atoms in total. The predicted molar refractivity (Wildman–Crippen MR) is 8.27 cm³/mol. The molecule has 0 aromatic carbocycles. The van der Waals surface area contributed by atoms with Gasteiger partial charge in [0.25, 0.3) is 0 Å². The van der Waals surface area contributed by atoms with Gasteiger partial charge >= 0.3 is 64.8 Å². The monoisotopic (exact) mass is 590 g/mol. The molecular formula is H2O7U2. The van der Waals surface area contributed by atoms with E-state index >= 15 is 0 Å². The van der Waals surface area contributed by atoms with Gasteiger partial charge in [-0.1, -0.05) is 0 Å². The van der Waals surface area contributed by atoms with E-state index in [1.807, 2.05) is 0 Å². The maximum absolute atomic E-state index is 9.62. The van der Waals surface area contributed by atoms with E-state index in [4.69, 9.17) is 5.22 Å². The molecule has 0 aromatic heterocycles. The zero-order valence-electron chi connectivity index (χ0n) is 3.94. The Morgan fingerprint density at radius 1 is 0.889 bits per heavy atom. The third kappa shape index (κ3) is 9.18. The average Bonchev–Trinajstić information content (AvgIpc) is 1.14. The third-order valence-corrected chi connectivity index (χ3v) is 22.4. The second-order valence-corrected chi connectivity index (χ2v) is 18.7. The summed E-state index contributed by atoms with van der Waals surface area (Å²) in [6.45, 7) is 0. The summed E-state index contributed by atoms with van der Waals surface area (Å²) in [4.78, 5) is 0. The van der Waals surface area contributed by atoms with Crippen LogP contribution >= 0.6 is 0 Å². The zero-order chi connectivity index (χ0) is 7.71. The summed E-state index contributed by atoms with van der Waals surface area (Å²) in [5, 5.41) is 0. The van der Waals surface area contributed by atoms with Crippen LogP contribution in [0, 0.1) is 50.8 Å². The molecule has 9 heavy (non-hydrogen) atoms. The first kappa shape index (κ1) is 10.2. The first-order chi connectivity index (χ1) is 3.71. The summed E-state index contributed by atoms with van der Waals surface area (Å²) in [7, 11) is 0. The minimum atomic E-state index is -6.40. The molecule has 0 atom stereocenters. The summed E-state index contributed by atoms with van der Waals surface area (Å²) in [5.41, 5.74) is 0. The van der Waals surface area contributed by atoms with Crippen molar-refractivity contribution in [1.29, 1.82) is 0 Å². The fourth-order valence-electron chi connectivity index (χ4n) is 0.163. The molecule has 0 saturated carbocycles. The van der Waals surface area contributed by atoms with Crippen molar-refractivity contribution in [1.82, 2.24) is 0 Å². The van der Waals surface area contributed by atoms with Crippen molar-refractivity contribution in [3.05, 3.63) is 0 Å². The van der Waals surface area contributed by atoms with Crippen LogP contribution in [-0.4, -0.2) is 5.22 Å². The molecule has 0 bridgehead atoms. The fourth-order valence-corrected chi connectivity index (χ4v) is 14.2. The van der Waals surface area contributed by atoms with E-state index in [1.165, 1.54) is 0 Å². The van der Waals surface area contributed by atoms with E-state index in [1.54, 1.807) is 0 Å². The maximum atomic E-state index is 9.62. The van der Waals surface area contributed by atoms with Crippen LogP contribution in [0.15, 0.2) is 0 Å². The summed E-state index contributed by atoms with van der Waals surface area (Å²) >= 11 is -12.8. The summed E-state index contributed by atoms with van der Waals surface area (Å²) in [5.74, 6) is 0. The van der Waals surface area contributed by atoms with Gasteiger partial charge in [0.2, 0.25) is 0 Å². The van der Waals surface area contributed by atoms with E-state index in [0.29, 0.717) is 0 Å². The molecule has 2 N–H and O–H groups in total. The van der Waals surface area contributed by atoms with Gasteiger partial charge in [0.05, 0.1) is 0 Å². The quantitative estimate of drug-likeness (QED) is 0.396. The molecule has 0 aromatic rings. The van der Waals surface area contributed by atoms with E-state index in [-0.39, 0.29) is 0 Å². The molecule has 0 radical (unpaired) electrons. The molecule has 0 aliphatic heterocycles. The molecule has 52 valence electrons. The molecule has 9 heteroatoms. The molecule has 0 unspecified atom stereocenters. The second-order valence-electron chi connectivity index (χ2n) is 1.15. The van der Waals surface area contributed by atoms with Crippen molar-refractivity contribution < 1.29 is 64.8 Å². The Morgan fingerprint density at radius 3 is 1.11 bits per heavy atom. The van der Waals surface area contributed by atoms with Gasteiger partial charge in [0.1, 0.15) is 0 Å². The van der Waals surface area contributed by atoms with Crippen molar-refractivity contribution in [3.63, 3.8) is 0 Å². The normalized spacial score (nSPS) is 13.6. The fraction of sp³-hybridized carbons (Fsp3) is 0. The molecule has 0 spiro atoms. The molecule has 0 fully saturated rings. The van der Waals surface area contributed by atoms with Crippen LogP contribution in [0.25, 0.3) is 0 Å². The Hall–Kier alpha value is 1.18. The third-order valence-electron chi connectivity index (χ3n) is 0.258. The Balaban J connectivity index is 4.46. The van der Waals surface area contributed by atoms with Gasteiger partial charge in [0, 0.05) is 0 Å². The predicted octanol–water partition coefficient (Wildman–Crippen LogP) is -1.66. The van der Waals surface area contributed by atoms with Gasteiger partial charge < -0.3 is 0 Å². The molecular weight excluding hydrogens is 588 g/mol. The first-order valence-electron chi connectivity index (χ1n) is 1.67. The summed E-state index contributed by atoms with van der Waals surface area (Å²) < 4.78 is 57.0. The van der Waals surface area contributed by atoms with E-state index in [0.717, 1.165) is 0 Å². The van der Waals surface area contributed by atoms with Crippen molar-refractivity contribution >= 4 is 0 Å². The van der Waals surface area contributed by atoms with E-state index in [9.17, 15) is 8.94 Å². The molecule has 0 rings (SSSR count). The second kappa shape index (κ2) is 3.06. The van der Waals surface area contributed by atoms with E-state index < -0.39 is 50.8 Å². The van der Waals surface area contributed by atoms with Crippen molar-refractivity contribution in [2.45, 2.75) is 0 Å². The SMILES string of the molecule is [O]=[U](=[O])([OH])[O][U](=[O])(=[O])[OH]. The van der Waals surface area contributed by atoms with Crippen LogP contribution in [0.4, 0.5) is 0 Å². The zero-order valence-corrected chi connectivity index (χ0v) is 12.3. The van der Waals surface area contributed by atoms with Crippen LogP contribution < -0.4 is 0 Å². The average molecular weight is 590 g/mol. The van der Waals surface area contributed by atoms with Crippen LogP contribution in [0.3, 0.4) is 0 Å². The number of rotatable bonds is 2. The Morgan fingerprint density at radius 2 is 1.11 bits per heavy atom. The molecule has 0 aliphatic carbocycles. The Bertz CT molecular complexity index is 232. The first-order valence-corrected chi connectivity index (χ1v) is 15.6. The van der Waals surface area contributed by atoms with Gasteiger partial charge in [-0.3, -0.25) is 0 Å². The van der Waals surface area contributed by atoms with Gasteiger partial charge in [-0.15, -0.1) is 0 Å². The van der Waals surface area contributed by atoms with Crippen LogP contribution in [0.2, 0.25) is 0 Å². The molecule has 0 aliphatic rings. The van der Waals surface area contributed by atoms with E-state index in [2.05, 4.69) is -0.255 Å². The van der Waals surface area contributed by atoms with Crippen molar-refractivity contribution in [3.8, 4) is 0 Å². The van der Waals surface area contributed by atoms with Gasteiger partial charge in [-0.25, -0.2) is 0 Å². The van der Waals surface area contributed by atoms with Crippen molar-refractivity contribution in [2.75, 3.05) is 0 Å². The molecule has 0 amide bonds. The van der Waals surface area contributed by atoms with Crippen LogP contribution in [0.1, 0.15) is 0 Å². The van der Waals surface area contributed by atoms with Gasteiger partial charge in [-0.2, -0.15) is 0 Å². The van der Waals surface area contributed by atoms with Gasteiger partial charge in [-0.05, 0) is 0 Å². The number of hydrogen-bond acceptors (Lipinski definition) is 5. The summed E-state index contributed by atoms with van der Waals surface area (Å²) in [6.07, 6.45) is 0.